The highest BCUT2D eigenvalue weighted by Gasteiger charge is 2.30. The van der Waals surface area contributed by atoms with E-state index in [1.807, 2.05) is 0 Å². The Morgan fingerprint density at radius 2 is 0.742 bits per heavy atom. The van der Waals surface area contributed by atoms with E-state index < -0.39 is 107 Å². The van der Waals surface area contributed by atoms with Gasteiger partial charge in [0.1, 0.15) is 34.9 Å². The number of hydrogen-bond acceptors (Lipinski definition) is 14. The molecular weight excluding hydrogens is 939 g/mol. The first kappa shape index (κ1) is 79.1. The Balaban J connectivity index is -0.0000000928. The summed E-state index contributed by atoms with van der Waals surface area (Å²) in [4.78, 5) is 101. The number of rotatable bonds is 15. The third-order valence-electron chi connectivity index (χ3n) is 6.48. The van der Waals surface area contributed by atoms with Crippen LogP contribution < -0.4 is 27.4 Å². The molecule has 0 spiro atoms. The number of aliphatic carboxylic acids is 2. The Labute approximate surface area is 406 Å². The number of hydrogen-bond donors (Lipinski definition) is 7. The normalized spacial score (nSPS) is 12.9. The highest BCUT2D eigenvalue weighted by molar-refractivity contribution is 7.60. The lowest BCUT2D eigenvalue weighted by Gasteiger charge is -2.23. The maximum atomic E-state index is 11.7. The van der Waals surface area contributed by atoms with Crippen molar-refractivity contribution in [3.8, 4) is 0 Å². The Bertz CT molecular complexity index is 1310. The molecule has 21 nitrogen and oxygen atoms in total. The molecular formula is C35H75N5O16S6. The number of carbonyl (C=O) groups excluding carboxylic acids is 7. The molecule has 0 heterocycles. The maximum Gasteiger partial charge on any atom is 0.408 e. The minimum Gasteiger partial charge on any atom is -0.481 e. The average molecular weight is 1010 g/mol. The predicted molar refractivity (Wildman–Crippen MR) is 261 cm³/mol. The van der Waals surface area contributed by atoms with E-state index in [4.69, 9.17) is 35.9 Å². The van der Waals surface area contributed by atoms with Crippen molar-refractivity contribution in [3.05, 3.63) is 0 Å². The first-order valence-corrected chi connectivity index (χ1v) is 17.3. The standard InChI is InChI=1S/C13H23NO6.C11H21N3O4.C11H19NO6.6H2S/c1-8(10(15)18-5)7-9(11(16)19-6)14-12(17)20-13(2,3)4;1-6(8(12)15)5-7(9(13)16)14-10(17)18-11(2,3)4;1-6(8(13)14)5-7(9(15)16)12-10(17)18-11(2,3)4;;;;;;/h8-9H,7H2,1-6H3,(H,14,17);6-7H,5H2,1-4H3,(H2,12,15)(H2,13,16)(H,14,17);6-7H,5H2,1-4H3,(H,12,17)(H,13,14)(H,15,16);6*1H2/t8-,9-;2*6-,7-;;;;;;/m000....../s1. The van der Waals surface area contributed by atoms with Crippen LogP contribution in [0.4, 0.5) is 14.4 Å². The number of carbonyl (C=O) groups is 9. The van der Waals surface area contributed by atoms with Gasteiger partial charge in [0.15, 0.2) is 0 Å². The van der Waals surface area contributed by atoms with Gasteiger partial charge in [0.25, 0.3) is 0 Å². The van der Waals surface area contributed by atoms with Crippen molar-refractivity contribution in [2.24, 2.45) is 29.2 Å². The summed E-state index contributed by atoms with van der Waals surface area (Å²) < 4.78 is 24.1. The smallest absolute Gasteiger partial charge is 0.408 e. The Hall–Kier alpha value is -3.27. The van der Waals surface area contributed by atoms with Crippen molar-refractivity contribution < 1.29 is 77.0 Å². The number of methoxy groups -OCH3 is 2. The fraction of sp³-hybridized carbons (Fsp3) is 0.743. The highest BCUT2D eigenvalue weighted by Crippen LogP contribution is 2.13. The zero-order chi connectivity index (χ0) is 44.9. The topological polar surface area (TPSA) is 328 Å². The van der Waals surface area contributed by atoms with Gasteiger partial charge in [-0.25, -0.2) is 24.0 Å². The Morgan fingerprint density at radius 3 is 1.00 bits per heavy atom. The SMILES string of the molecule is COC(=O)[C@H](C[C@H](C)C(=O)OC)NC(=O)OC(C)(C)C.C[C@@H](C[C@H](NC(=O)OC(C)(C)C)C(=O)O)C(=O)O.C[C@@H](C[C@H](NC(=O)OC(C)(C)C)C(N)=O)C(N)=O.S.S.S.S.S.S. The van der Waals surface area contributed by atoms with Crippen LogP contribution in [0, 0.1) is 17.8 Å². The third-order valence-corrected chi connectivity index (χ3v) is 6.48. The Kier molecular flexibility index (Phi) is 47.4. The monoisotopic (exact) mass is 1010 g/mol. The van der Waals surface area contributed by atoms with Gasteiger partial charge in [0.2, 0.25) is 11.8 Å². The number of amides is 5. The van der Waals surface area contributed by atoms with Gasteiger partial charge in [-0.15, -0.1) is 0 Å². The quantitative estimate of drug-likeness (QED) is 0.0916. The zero-order valence-corrected chi connectivity index (χ0v) is 43.9. The van der Waals surface area contributed by atoms with Crippen molar-refractivity contribution in [1.82, 2.24) is 16.0 Å². The molecule has 0 aromatic rings. The molecule has 0 saturated carbocycles. The van der Waals surface area contributed by atoms with E-state index in [2.05, 4.69) is 25.4 Å². The maximum absolute atomic E-state index is 11.7. The molecule has 0 aliphatic heterocycles. The number of esters is 2. The number of nitrogens with two attached hydrogens (primary N) is 2. The van der Waals surface area contributed by atoms with E-state index >= 15 is 0 Å². The average Bonchev–Trinajstić information content (AvgIpc) is 3.00. The van der Waals surface area contributed by atoms with Crippen LogP contribution in [0.1, 0.15) is 102 Å². The second kappa shape index (κ2) is 37.1. The molecule has 62 heavy (non-hydrogen) atoms. The predicted octanol–water partition coefficient (Wildman–Crippen LogP) is 2.88. The summed E-state index contributed by atoms with van der Waals surface area (Å²) in [5, 5.41) is 24.4. The number of primary amides is 2. The molecule has 0 unspecified atom stereocenters. The van der Waals surface area contributed by atoms with Gasteiger partial charge in [-0.2, -0.15) is 81.0 Å². The van der Waals surface area contributed by atoms with E-state index in [0.717, 1.165) is 0 Å². The number of ether oxygens (including phenoxy) is 5. The van der Waals surface area contributed by atoms with Crippen molar-refractivity contribution in [3.63, 3.8) is 0 Å². The van der Waals surface area contributed by atoms with Gasteiger partial charge in [-0.1, -0.05) is 20.8 Å². The molecule has 0 saturated heterocycles. The second-order valence-electron chi connectivity index (χ2n) is 15.5. The molecule has 0 fully saturated rings. The Morgan fingerprint density at radius 1 is 0.452 bits per heavy atom. The van der Waals surface area contributed by atoms with Crippen molar-refractivity contribution in [2.75, 3.05) is 14.2 Å². The molecule has 0 bridgehead atoms. The van der Waals surface area contributed by atoms with Gasteiger partial charge in [-0.3, -0.25) is 19.2 Å². The zero-order valence-electron chi connectivity index (χ0n) is 37.9. The van der Waals surface area contributed by atoms with Gasteiger partial charge >= 0.3 is 42.2 Å². The number of carboxylic acid groups (broad SMARTS) is 2. The van der Waals surface area contributed by atoms with Crippen LogP contribution in [0.15, 0.2) is 0 Å². The van der Waals surface area contributed by atoms with Crippen LogP contribution in [-0.4, -0.2) is 113 Å². The van der Waals surface area contributed by atoms with E-state index in [0.29, 0.717) is 0 Å². The minimum absolute atomic E-state index is 0. The lowest BCUT2D eigenvalue weighted by atomic mass is 10.0. The van der Waals surface area contributed by atoms with Crippen molar-refractivity contribution in [2.45, 2.75) is 137 Å². The summed E-state index contributed by atoms with van der Waals surface area (Å²) in [6.45, 7) is 19.6. The molecule has 0 aliphatic carbocycles. The fourth-order valence-electron chi connectivity index (χ4n) is 3.75. The first-order chi connectivity index (χ1) is 25.2. The molecule has 0 radical (unpaired) electrons. The summed E-state index contributed by atoms with van der Waals surface area (Å²) >= 11 is 0. The highest BCUT2D eigenvalue weighted by atomic mass is 32.1. The third kappa shape index (κ3) is 43.4. The number of alkyl carbamates (subject to hydrolysis) is 3. The molecule has 5 amide bonds. The minimum atomic E-state index is -1.30. The molecule has 0 aliphatic rings. The van der Waals surface area contributed by atoms with Crippen LogP contribution in [0.5, 0.6) is 0 Å². The van der Waals surface area contributed by atoms with Gasteiger partial charge in [0, 0.05) is 5.92 Å². The van der Waals surface area contributed by atoms with E-state index in [1.165, 1.54) is 21.1 Å². The van der Waals surface area contributed by atoms with E-state index in [9.17, 15) is 43.2 Å². The van der Waals surface area contributed by atoms with Gasteiger partial charge in [0.05, 0.1) is 26.1 Å². The molecule has 0 aromatic heterocycles. The van der Waals surface area contributed by atoms with Crippen LogP contribution in [0.2, 0.25) is 0 Å². The molecule has 9 N–H and O–H groups in total. The summed E-state index contributed by atoms with van der Waals surface area (Å²) in [5.41, 5.74) is 8.11. The second-order valence-corrected chi connectivity index (χ2v) is 15.5. The van der Waals surface area contributed by atoms with Crippen LogP contribution in [0.3, 0.4) is 0 Å². The fourth-order valence-corrected chi connectivity index (χ4v) is 3.75. The summed E-state index contributed by atoms with van der Waals surface area (Å²) in [5.74, 6) is -6.84. The summed E-state index contributed by atoms with van der Waals surface area (Å²) in [7, 11) is 2.46. The van der Waals surface area contributed by atoms with Gasteiger partial charge < -0.3 is 61.3 Å². The molecule has 6 atom stereocenters. The number of carboxylic acids is 2. The van der Waals surface area contributed by atoms with Crippen LogP contribution in [0.25, 0.3) is 0 Å². The first-order valence-electron chi connectivity index (χ1n) is 17.3. The molecule has 0 aromatic carbocycles. The number of nitrogens with one attached hydrogen (secondary N) is 3. The summed E-state index contributed by atoms with van der Waals surface area (Å²) in [6.07, 6.45) is -2.48. The summed E-state index contributed by atoms with van der Waals surface area (Å²) in [6, 6.07) is -3.24. The lowest BCUT2D eigenvalue weighted by molar-refractivity contribution is -0.148. The van der Waals surface area contributed by atoms with Crippen LogP contribution in [-0.2, 0) is 52.5 Å². The van der Waals surface area contributed by atoms with E-state index in [-0.39, 0.29) is 100 Å². The van der Waals surface area contributed by atoms with E-state index in [1.54, 1.807) is 76.2 Å². The van der Waals surface area contributed by atoms with Gasteiger partial charge in [-0.05, 0) is 81.6 Å². The van der Waals surface area contributed by atoms with Crippen molar-refractivity contribution in [1.29, 1.82) is 0 Å². The molecule has 372 valence electrons. The largest absolute Gasteiger partial charge is 0.481 e. The van der Waals surface area contributed by atoms with Crippen LogP contribution >= 0.6 is 81.0 Å². The lowest BCUT2D eigenvalue weighted by Crippen LogP contribution is -2.48. The molecule has 27 heteroatoms. The molecule has 0 rings (SSSR count). The van der Waals surface area contributed by atoms with Crippen molar-refractivity contribution >= 4 is 135 Å².